The number of alkyl halides is 4. The van der Waals surface area contributed by atoms with Gasteiger partial charge in [-0.05, 0) is 0 Å². The molecule has 0 aliphatic heterocycles. The van der Waals surface area contributed by atoms with Gasteiger partial charge in [-0.3, -0.25) is 0 Å². The van der Waals surface area contributed by atoms with Crippen LogP contribution in [-0.4, -0.2) is 37.0 Å². The van der Waals surface area contributed by atoms with E-state index in [4.69, 9.17) is 12.8 Å². The Bertz CT molecular complexity index is 419. The fourth-order valence-corrected chi connectivity index (χ4v) is 0.814. The quantitative estimate of drug-likeness (QED) is 0.326. The number of esters is 2. The third-order valence-corrected chi connectivity index (χ3v) is 1.67. The molecule has 0 aromatic carbocycles. The molecule has 0 N–H and O–H groups in total. The van der Waals surface area contributed by atoms with Crippen molar-refractivity contribution in [1.82, 2.24) is 0 Å². The second-order valence-electron chi connectivity index (χ2n) is 3.11. The Balaban J connectivity index is 4.51. The fourth-order valence-electron chi connectivity index (χ4n) is 0.814. The first-order valence-electron chi connectivity index (χ1n) is 4.68. The lowest BCUT2D eigenvalue weighted by Crippen LogP contribution is -2.34. The van der Waals surface area contributed by atoms with Crippen molar-refractivity contribution in [3.8, 4) is 24.7 Å². The van der Waals surface area contributed by atoms with E-state index in [0.717, 1.165) is 0 Å². The molecule has 1 atom stereocenters. The number of terminal acetylenes is 2. The summed E-state index contributed by atoms with van der Waals surface area (Å²) < 4.78 is 57.3. The first-order valence-corrected chi connectivity index (χ1v) is 4.68. The molecule has 0 fully saturated rings. The number of rotatable bonds is 5. The second-order valence-corrected chi connectivity index (χ2v) is 3.11. The SMILES string of the molecule is C#CCOC(=O)C(=O)OC(C#C)CC(F)(F)C(F)F. The van der Waals surface area contributed by atoms with Gasteiger partial charge in [-0.15, -0.1) is 12.8 Å². The summed E-state index contributed by atoms with van der Waals surface area (Å²) in [5.74, 6) is -4.28. The van der Waals surface area contributed by atoms with Crippen LogP contribution < -0.4 is 0 Å². The van der Waals surface area contributed by atoms with Crippen LogP contribution in [0.25, 0.3) is 0 Å². The van der Waals surface area contributed by atoms with Gasteiger partial charge in [-0.25, -0.2) is 27.2 Å². The van der Waals surface area contributed by atoms with Gasteiger partial charge in [0, 0.05) is 0 Å². The average Bonchev–Trinajstić information content (AvgIpc) is 2.34. The van der Waals surface area contributed by atoms with E-state index in [0.29, 0.717) is 0 Å². The van der Waals surface area contributed by atoms with Crippen LogP contribution in [0.15, 0.2) is 0 Å². The summed E-state index contributed by atoms with van der Waals surface area (Å²) in [6.07, 6.45) is 1.88. The number of ether oxygens (including phenoxy) is 2. The van der Waals surface area contributed by atoms with E-state index in [1.54, 1.807) is 5.92 Å². The van der Waals surface area contributed by atoms with Crippen molar-refractivity contribution in [2.45, 2.75) is 24.9 Å². The molecule has 0 saturated heterocycles. The van der Waals surface area contributed by atoms with Crippen LogP contribution in [0.3, 0.4) is 0 Å². The Morgan fingerprint density at radius 1 is 1.21 bits per heavy atom. The van der Waals surface area contributed by atoms with Crippen LogP contribution in [0, 0.1) is 24.7 Å². The maximum atomic E-state index is 12.7. The van der Waals surface area contributed by atoms with E-state index in [9.17, 15) is 27.2 Å². The van der Waals surface area contributed by atoms with Crippen LogP contribution in [0.1, 0.15) is 6.42 Å². The molecule has 19 heavy (non-hydrogen) atoms. The lowest BCUT2D eigenvalue weighted by molar-refractivity contribution is -0.175. The minimum absolute atomic E-state index is 0.540. The molecule has 0 rings (SSSR count). The Kier molecular flexibility index (Phi) is 6.42. The zero-order valence-electron chi connectivity index (χ0n) is 9.37. The number of hydrogen-bond acceptors (Lipinski definition) is 4. The Hall–Kier alpha value is -2.22. The minimum Gasteiger partial charge on any atom is -0.444 e. The highest BCUT2D eigenvalue weighted by Gasteiger charge is 2.43. The molecule has 0 saturated carbocycles. The zero-order chi connectivity index (χ0) is 15.1. The van der Waals surface area contributed by atoms with Gasteiger partial charge in [-0.2, -0.15) is 0 Å². The summed E-state index contributed by atoms with van der Waals surface area (Å²) in [5, 5.41) is 0. The molecule has 0 amide bonds. The first kappa shape index (κ1) is 16.8. The maximum Gasteiger partial charge on any atom is 0.418 e. The van der Waals surface area contributed by atoms with Crippen molar-refractivity contribution in [2.75, 3.05) is 6.61 Å². The van der Waals surface area contributed by atoms with Gasteiger partial charge in [0.2, 0.25) is 0 Å². The average molecular weight is 280 g/mol. The number of halogens is 4. The highest BCUT2D eigenvalue weighted by atomic mass is 19.3. The Morgan fingerprint density at radius 3 is 2.21 bits per heavy atom. The fraction of sp³-hybridized carbons (Fsp3) is 0.455. The highest BCUT2D eigenvalue weighted by Crippen LogP contribution is 2.28. The van der Waals surface area contributed by atoms with Gasteiger partial charge in [0.15, 0.2) is 12.7 Å². The highest BCUT2D eigenvalue weighted by molar-refractivity contribution is 6.29. The second kappa shape index (κ2) is 7.27. The van der Waals surface area contributed by atoms with E-state index >= 15 is 0 Å². The van der Waals surface area contributed by atoms with E-state index in [-0.39, 0.29) is 0 Å². The minimum atomic E-state index is -4.44. The molecular weight excluding hydrogens is 272 g/mol. The largest absolute Gasteiger partial charge is 0.444 e. The van der Waals surface area contributed by atoms with Crippen molar-refractivity contribution < 1.29 is 36.6 Å². The molecule has 104 valence electrons. The zero-order valence-corrected chi connectivity index (χ0v) is 9.37. The van der Waals surface area contributed by atoms with Crippen LogP contribution in [-0.2, 0) is 19.1 Å². The van der Waals surface area contributed by atoms with Gasteiger partial charge in [0.25, 0.3) is 0 Å². The van der Waals surface area contributed by atoms with Crippen molar-refractivity contribution in [1.29, 1.82) is 0 Å². The standard InChI is InChI=1S/C11H8F4O4/c1-3-5-18-8(16)9(17)19-7(4-2)6-11(14,15)10(12)13/h1-2,7,10H,5-6H2. The van der Waals surface area contributed by atoms with E-state index in [1.165, 1.54) is 0 Å². The predicted octanol–water partition coefficient (Wildman–Crippen LogP) is 0.998. The molecule has 0 heterocycles. The van der Waals surface area contributed by atoms with E-state index in [2.05, 4.69) is 9.47 Å². The predicted molar refractivity (Wildman–Crippen MR) is 54.1 cm³/mol. The molecule has 0 aliphatic rings. The summed E-state index contributed by atoms with van der Waals surface area (Å²) in [7, 11) is 0. The normalized spacial score (nSPS) is 12.2. The number of carbonyl (C=O) groups is 2. The molecule has 0 aliphatic carbocycles. The summed E-state index contributed by atoms with van der Waals surface area (Å²) in [6, 6.07) is 0. The van der Waals surface area contributed by atoms with Gasteiger partial charge in [0.1, 0.15) is 0 Å². The van der Waals surface area contributed by atoms with Gasteiger partial charge < -0.3 is 9.47 Å². The van der Waals surface area contributed by atoms with E-state index < -0.39 is 43.4 Å². The lowest BCUT2D eigenvalue weighted by atomic mass is 10.1. The Labute approximate surface area is 106 Å². The summed E-state index contributed by atoms with van der Waals surface area (Å²) in [5.41, 5.74) is 0. The van der Waals surface area contributed by atoms with Crippen molar-refractivity contribution >= 4 is 11.9 Å². The van der Waals surface area contributed by atoms with Gasteiger partial charge >= 0.3 is 24.3 Å². The van der Waals surface area contributed by atoms with Gasteiger partial charge in [-0.1, -0.05) is 11.8 Å². The third-order valence-electron chi connectivity index (χ3n) is 1.67. The molecule has 8 heteroatoms. The molecule has 1 unspecified atom stereocenters. The van der Waals surface area contributed by atoms with Crippen LogP contribution >= 0.6 is 0 Å². The van der Waals surface area contributed by atoms with E-state index in [1.807, 2.05) is 5.92 Å². The first-order chi connectivity index (χ1) is 8.74. The lowest BCUT2D eigenvalue weighted by Gasteiger charge is -2.18. The van der Waals surface area contributed by atoms with Crippen molar-refractivity contribution in [2.24, 2.45) is 0 Å². The Morgan fingerprint density at radius 2 is 1.79 bits per heavy atom. The topological polar surface area (TPSA) is 52.6 Å². The molecule has 0 aromatic heterocycles. The van der Waals surface area contributed by atoms with Gasteiger partial charge in [0.05, 0.1) is 6.42 Å². The number of hydrogen-bond donors (Lipinski definition) is 0. The van der Waals surface area contributed by atoms with Crippen LogP contribution in [0.2, 0.25) is 0 Å². The monoisotopic (exact) mass is 280 g/mol. The molecule has 0 aromatic rings. The summed E-state index contributed by atoms with van der Waals surface area (Å²) >= 11 is 0. The molecule has 0 bridgehead atoms. The molecular formula is C11H8F4O4. The molecule has 0 spiro atoms. The van der Waals surface area contributed by atoms with Crippen molar-refractivity contribution in [3.63, 3.8) is 0 Å². The maximum absolute atomic E-state index is 12.7. The summed E-state index contributed by atoms with van der Waals surface area (Å²) in [6.45, 7) is -0.540. The smallest absolute Gasteiger partial charge is 0.418 e. The van der Waals surface area contributed by atoms with Crippen molar-refractivity contribution in [3.05, 3.63) is 0 Å². The molecule has 4 nitrogen and oxygen atoms in total. The third kappa shape index (κ3) is 5.77. The number of carbonyl (C=O) groups excluding carboxylic acids is 2. The van der Waals surface area contributed by atoms with Crippen LogP contribution in [0.5, 0.6) is 0 Å². The molecule has 0 radical (unpaired) electrons. The van der Waals surface area contributed by atoms with Crippen LogP contribution in [0.4, 0.5) is 17.6 Å². The summed E-state index contributed by atoms with van der Waals surface area (Å²) in [4.78, 5) is 21.8.